The number of esters is 1. The highest BCUT2D eigenvalue weighted by Gasteiger charge is 2.58. The van der Waals surface area contributed by atoms with Gasteiger partial charge in [-0.25, -0.2) is 0 Å². The molecule has 1 amide bonds. The van der Waals surface area contributed by atoms with Crippen molar-refractivity contribution in [3.05, 3.63) is 0 Å². The second-order valence-electron chi connectivity index (χ2n) is 5.79. The molecule has 0 N–H and O–H groups in total. The van der Waals surface area contributed by atoms with Crippen LogP contribution in [0.3, 0.4) is 0 Å². The topological polar surface area (TPSA) is 46.6 Å². The molecule has 100 valence electrons. The molecule has 4 nitrogen and oxygen atoms in total. The number of amides is 1. The van der Waals surface area contributed by atoms with E-state index in [1.807, 2.05) is 0 Å². The van der Waals surface area contributed by atoms with E-state index in [1.54, 1.807) is 11.8 Å². The third-order valence-electron chi connectivity index (χ3n) is 4.57. The Morgan fingerprint density at radius 3 is 2.39 bits per heavy atom. The van der Waals surface area contributed by atoms with E-state index < -0.39 is 0 Å². The van der Waals surface area contributed by atoms with E-state index >= 15 is 0 Å². The summed E-state index contributed by atoms with van der Waals surface area (Å²) in [6.45, 7) is 2.35. The van der Waals surface area contributed by atoms with E-state index in [0.717, 1.165) is 12.8 Å². The molecule has 0 saturated heterocycles. The summed E-state index contributed by atoms with van der Waals surface area (Å²) in [6.07, 6.45) is 5.79. The quantitative estimate of drug-likeness (QED) is 0.697. The molecular weight excluding hydrogens is 230 g/mol. The minimum atomic E-state index is -0.261. The standard InChI is InChI=1S/C14H21NO3/c1-2-18-12(16)8-15(9-6-7-9)14(17)13-10-4-3-5-11(10)13/h9-11,13H,2-8H2,1H3. The second-order valence-corrected chi connectivity index (χ2v) is 5.79. The van der Waals surface area contributed by atoms with E-state index in [9.17, 15) is 9.59 Å². The Balaban J connectivity index is 1.59. The highest BCUT2D eigenvalue weighted by Crippen LogP contribution is 2.58. The summed E-state index contributed by atoms with van der Waals surface area (Å²) in [5.74, 6) is 1.44. The smallest absolute Gasteiger partial charge is 0.325 e. The number of rotatable bonds is 5. The largest absolute Gasteiger partial charge is 0.465 e. The van der Waals surface area contributed by atoms with Gasteiger partial charge < -0.3 is 9.64 Å². The molecule has 0 aromatic heterocycles. The fourth-order valence-electron chi connectivity index (χ4n) is 3.50. The molecule has 0 aliphatic heterocycles. The van der Waals surface area contributed by atoms with Crippen LogP contribution in [-0.2, 0) is 14.3 Å². The third kappa shape index (κ3) is 2.13. The van der Waals surface area contributed by atoms with Gasteiger partial charge in [0, 0.05) is 12.0 Å². The molecular formula is C14H21NO3. The monoisotopic (exact) mass is 251 g/mol. The van der Waals surface area contributed by atoms with Crippen LogP contribution in [0.2, 0.25) is 0 Å². The van der Waals surface area contributed by atoms with Crippen molar-refractivity contribution in [2.45, 2.75) is 45.1 Å². The van der Waals surface area contributed by atoms with Crippen LogP contribution in [-0.4, -0.2) is 36.0 Å². The minimum absolute atomic E-state index is 0.160. The Bertz CT molecular complexity index is 354. The van der Waals surface area contributed by atoms with Gasteiger partial charge in [0.15, 0.2) is 0 Å². The van der Waals surface area contributed by atoms with Gasteiger partial charge in [0.1, 0.15) is 6.54 Å². The Labute approximate surface area is 108 Å². The van der Waals surface area contributed by atoms with Crippen LogP contribution >= 0.6 is 0 Å². The predicted molar refractivity (Wildman–Crippen MR) is 65.7 cm³/mol. The molecule has 0 aromatic carbocycles. The van der Waals surface area contributed by atoms with Gasteiger partial charge in [-0.2, -0.15) is 0 Å². The molecule has 2 unspecified atom stereocenters. The van der Waals surface area contributed by atoms with Crippen molar-refractivity contribution in [3.8, 4) is 0 Å². The normalized spacial score (nSPS) is 32.8. The van der Waals surface area contributed by atoms with Gasteiger partial charge in [-0.05, 0) is 44.4 Å². The van der Waals surface area contributed by atoms with Gasteiger partial charge >= 0.3 is 5.97 Å². The average Bonchev–Trinajstić information content (AvgIpc) is 3.25. The van der Waals surface area contributed by atoms with Gasteiger partial charge in [-0.15, -0.1) is 0 Å². The van der Waals surface area contributed by atoms with Gasteiger partial charge in [-0.1, -0.05) is 6.42 Å². The van der Waals surface area contributed by atoms with Gasteiger partial charge in [0.25, 0.3) is 0 Å². The molecule has 0 spiro atoms. The molecule has 0 bridgehead atoms. The molecule has 18 heavy (non-hydrogen) atoms. The Morgan fingerprint density at radius 1 is 1.17 bits per heavy atom. The highest BCUT2D eigenvalue weighted by molar-refractivity contribution is 5.86. The summed E-state index contributed by atoms with van der Waals surface area (Å²) >= 11 is 0. The van der Waals surface area contributed by atoms with Crippen molar-refractivity contribution in [1.82, 2.24) is 4.90 Å². The summed E-state index contributed by atoms with van der Waals surface area (Å²) in [5, 5.41) is 0. The fraction of sp³-hybridized carbons (Fsp3) is 0.857. The van der Waals surface area contributed by atoms with Crippen LogP contribution < -0.4 is 0 Å². The van der Waals surface area contributed by atoms with Crippen molar-refractivity contribution >= 4 is 11.9 Å². The zero-order valence-electron chi connectivity index (χ0n) is 10.9. The maximum absolute atomic E-state index is 12.5. The van der Waals surface area contributed by atoms with E-state index in [1.165, 1.54) is 19.3 Å². The molecule has 3 aliphatic carbocycles. The lowest BCUT2D eigenvalue weighted by atomic mass is 10.1. The summed E-state index contributed by atoms with van der Waals surface area (Å²) in [7, 11) is 0. The number of fused-ring (bicyclic) bond motifs is 1. The third-order valence-corrected chi connectivity index (χ3v) is 4.57. The van der Waals surface area contributed by atoms with Crippen molar-refractivity contribution in [2.24, 2.45) is 17.8 Å². The maximum Gasteiger partial charge on any atom is 0.325 e. The van der Waals surface area contributed by atoms with Gasteiger partial charge in [0.2, 0.25) is 5.91 Å². The SMILES string of the molecule is CCOC(=O)CN(C(=O)C1C2CCCC21)C1CC1. The number of hydrogen-bond acceptors (Lipinski definition) is 3. The van der Waals surface area contributed by atoms with Crippen molar-refractivity contribution in [1.29, 1.82) is 0 Å². The van der Waals surface area contributed by atoms with Gasteiger partial charge in [-0.3, -0.25) is 9.59 Å². The molecule has 2 atom stereocenters. The van der Waals surface area contributed by atoms with Crippen LogP contribution in [0.4, 0.5) is 0 Å². The number of nitrogens with zero attached hydrogens (tertiary/aromatic N) is 1. The van der Waals surface area contributed by atoms with Crippen LogP contribution in [0.5, 0.6) is 0 Å². The Kier molecular flexibility index (Phi) is 3.04. The van der Waals surface area contributed by atoms with E-state index in [4.69, 9.17) is 4.74 Å². The highest BCUT2D eigenvalue weighted by atomic mass is 16.5. The maximum atomic E-state index is 12.5. The summed E-state index contributed by atoms with van der Waals surface area (Å²) in [5.41, 5.74) is 0. The van der Waals surface area contributed by atoms with Crippen molar-refractivity contribution in [2.75, 3.05) is 13.2 Å². The number of hydrogen-bond donors (Lipinski definition) is 0. The van der Waals surface area contributed by atoms with Crippen molar-refractivity contribution in [3.63, 3.8) is 0 Å². The molecule has 0 heterocycles. The molecule has 0 aromatic rings. The zero-order chi connectivity index (χ0) is 12.7. The first-order chi connectivity index (χ1) is 8.72. The number of ether oxygens (including phenoxy) is 1. The molecule has 3 saturated carbocycles. The molecule has 3 aliphatic rings. The van der Waals surface area contributed by atoms with E-state index in [-0.39, 0.29) is 24.3 Å². The van der Waals surface area contributed by atoms with Crippen molar-refractivity contribution < 1.29 is 14.3 Å². The Morgan fingerprint density at radius 2 is 1.83 bits per heavy atom. The summed E-state index contributed by atoms with van der Waals surface area (Å²) in [4.78, 5) is 25.8. The van der Waals surface area contributed by atoms with E-state index in [2.05, 4.69) is 0 Å². The second kappa shape index (κ2) is 4.56. The summed E-state index contributed by atoms with van der Waals surface area (Å²) < 4.78 is 4.96. The minimum Gasteiger partial charge on any atom is -0.465 e. The van der Waals surface area contributed by atoms with Crippen LogP contribution in [0.15, 0.2) is 0 Å². The zero-order valence-corrected chi connectivity index (χ0v) is 10.9. The van der Waals surface area contributed by atoms with Crippen LogP contribution in [0, 0.1) is 17.8 Å². The van der Waals surface area contributed by atoms with Crippen LogP contribution in [0.1, 0.15) is 39.0 Å². The molecule has 3 rings (SSSR count). The summed E-state index contributed by atoms with van der Waals surface area (Å²) in [6, 6.07) is 0.309. The van der Waals surface area contributed by atoms with Gasteiger partial charge in [0.05, 0.1) is 6.61 Å². The molecule has 0 radical (unpaired) electrons. The first-order valence-electron chi connectivity index (χ1n) is 7.18. The molecule has 3 fully saturated rings. The fourth-order valence-corrected chi connectivity index (χ4v) is 3.50. The predicted octanol–water partition coefficient (Wildman–Crippen LogP) is 1.59. The average molecular weight is 251 g/mol. The lowest BCUT2D eigenvalue weighted by Gasteiger charge is -2.22. The Hall–Kier alpha value is -1.06. The first-order valence-corrected chi connectivity index (χ1v) is 7.18. The molecule has 4 heteroatoms. The lowest BCUT2D eigenvalue weighted by molar-refractivity contribution is -0.150. The van der Waals surface area contributed by atoms with Crippen LogP contribution in [0.25, 0.3) is 0 Å². The lowest BCUT2D eigenvalue weighted by Crippen LogP contribution is -2.39. The van der Waals surface area contributed by atoms with E-state index in [0.29, 0.717) is 24.5 Å². The number of carbonyl (C=O) groups excluding carboxylic acids is 2. The number of carbonyl (C=O) groups is 2. The first kappa shape index (κ1) is 12.0.